The first-order chi connectivity index (χ1) is 6.84. The number of rotatable bonds is 5. The van der Waals surface area contributed by atoms with E-state index in [4.69, 9.17) is 0 Å². The molecule has 0 heterocycles. The van der Waals surface area contributed by atoms with Crippen molar-refractivity contribution >= 4 is 23.5 Å². The standard InChI is InChI=1S/C12H22S2/c1-11-6-4-3-5-7-12(11)10-14-9-8-13-2/h12H,1,3-10H2,2H3. The number of allylic oxidation sites excluding steroid dienone is 1. The Morgan fingerprint density at radius 1 is 1.29 bits per heavy atom. The third-order valence-electron chi connectivity index (χ3n) is 2.88. The highest BCUT2D eigenvalue weighted by atomic mass is 32.2. The molecule has 0 spiro atoms. The third-order valence-corrected chi connectivity index (χ3v) is 4.88. The van der Waals surface area contributed by atoms with Crippen molar-refractivity contribution in [1.82, 2.24) is 0 Å². The summed E-state index contributed by atoms with van der Waals surface area (Å²) in [5.74, 6) is 4.75. The van der Waals surface area contributed by atoms with Crippen LogP contribution in [0.3, 0.4) is 0 Å². The molecule has 0 aromatic rings. The summed E-state index contributed by atoms with van der Waals surface area (Å²) in [6.07, 6.45) is 9.09. The Balaban J connectivity index is 2.16. The molecule has 1 atom stereocenters. The molecule has 0 bridgehead atoms. The predicted octanol–water partition coefficient (Wildman–Crippen LogP) is 4.22. The normalized spacial score (nSPS) is 23.5. The topological polar surface area (TPSA) is 0 Å². The highest BCUT2D eigenvalue weighted by Crippen LogP contribution is 2.29. The van der Waals surface area contributed by atoms with Crippen molar-refractivity contribution in [3.63, 3.8) is 0 Å². The summed E-state index contributed by atoms with van der Waals surface area (Å²) in [6, 6.07) is 0. The molecule has 0 N–H and O–H groups in total. The molecular weight excluding hydrogens is 208 g/mol. The summed E-state index contributed by atoms with van der Waals surface area (Å²) >= 11 is 4.07. The largest absolute Gasteiger partial charge is 0.165 e. The Morgan fingerprint density at radius 2 is 2.14 bits per heavy atom. The maximum absolute atomic E-state index is 4.24. The summed E-state index contributed by atoms with van der Waals surface area (Å²) in [7, 11) is 0. The summed E-state index contributed by atoms with van der Waals surface area (Å²) in [5.41, 5.74) is 1.53. The molecule has 0 aromatic carbocycles. The SMILES string of the molecule is C=C1CCCCCC1CSCCSC. The molecule has 0 aromatic heterocycles. The van der Waals surface area contributed by atoms with E-state index in [9.17, 15) is 0 Å². The van der Waals surface area contributed by atoms with Crippen molar-refractivity contribution in [3.05, 3.63) is 12.2 Å². The fourth-order valence-corrected chi connectivity index (χ4v) is 3.89. The van der Waals surface area contributed by atoms with Crippen LogP contribution in [-0.4, -0.2) is 23.5 Å². The van der Waals surface area contributed by atoms with E-state index < -0.39 is 0 Å². The zero-order chi connectivity index (χ0) is 10.2. The van der Waals surface area contributed by atoms with Crippen LogP contribution in [-0.2, 0) is 0 Å². The van der Waals surface area contributed by atoms with E-state index in [0.717, 1.165) is 5.92 Å². The minimum atomic E-state index is 0.823. The second-order valence-electron chi connectivity index (χ2n) is 4.02. The summed E-state index contributed by atoms with van der Waals surface area (Å²) in [6.45, 7) is 4.24. The van der Waals surface area contributed by atoms with Crippen LogP contribution in [0, 0.1) is 5.92 Å². The van der Waals surface area contributed by atoms with Crippen molar-refractivity contribution in [1.29, 1.82) is 0 Å². The molecule has 1 aliphatic rings. The van der Waals surface area contributed by atoms with Crippen LogP contribution in [0.4, 0.5) is 0 Å². The molecule has 1 unspecified atom stereocenters. The maximum atomic E-state index is 4.24. The molecule has 2 heteroatoms. The van der Waals surface area contributed by atoms with Gasteiger partial charge in [-0.05, 0) is 37.2 Å². The number of hydrogen-bond acceptors (Lipinski definition) is 2. The molecule has 0 radical (unpaired) electrons. The van der Waals surface area contributed by atoms with Gasteiger partial charge in [-0.2, -0.15) is 23.5 Å². The Hall–Kier alpha value is 0.440. The molecule has 0 saturated heterocycles. The highest BCUT2D eigenvalue weighted by Gasteiger charge is 2.15. The van der Waals surface area contributed by atoms with E-state index in [1.165, 1.54) is 54.9 Å². The first-order valence-electron chi connectivity index (χ1n) is 5.59. The zero-order valence-corrected chi connectivity index (χ0v) is 10.9. The second kappa shape index (κ2) is 7.70. The molecule has 0 amide bonds. The molecule has 1 rings (SSSR count). The van der Waals surface area contributed by atoms with Gasteiger partial charge in [-0.1, -0.05) is 25.0 Å². The van der Waals surface area contributed by atoms with Crippen molar-refractivity contribution in [2.75, 3.05) is 23.5 Å². The van der Waals surface area contributed by atoms with Gasteiger partial charge in [-0.3, -0.25) is 0 Å². The molecule has 0 aliphatic heterocycles. The lowest BCUT2D eigenvalue weighted by atomic mass is 9.98. The van der Waals surface area contributed by atoms with Crippen LogP contribution in [0.15, 0.2) is 12.2 Å². The smallest absolute Gasteiger partial charge is 0.00237 e. The van der Waals surface area contributed by atoms with Gasteiger partial charge in [0.05, 0.1) is 0 Å². The number of hydrogen-bond donors (Lipinski definition) is 0. The monoisotopic (exact) mass is 230 g/mol. The molecule has 1 aliphatic carbocycles. The van der Waals surface area contributed by atoms with Crippen molar-refractivity contribution in [3.8, 4) is 0 Å². The first-order valence-corrected chi connectivity index (χ1v) is 8.14. The second-order valence-corrected chi connectivity index (χ2v) is 6.16. The molecule has 14 heavy (non-hydrogen) atoms. The van der Waals surface area contributed by atoms with Crippen LogP contribution < -0.4 is 0 Å². The van der Waals surface area contributed by atoms with Crippen molar-refractivity contribution < 1.29 is 0 Å². The fourth-order valence-electron chi connectivity index (χ4n) is 1.90. The zero-order valence-electron chi connectivity index (χ0n) is 9.26. The van der Waals surface area contributed by atoms with Crippen LogP contribution in [0.1, 0.15) is 32.1 Å². The molecule has 1 fully saturated rings. The van der Waals surface area contributed by atoms with Gasteiger partial charge in [-0.25, -0.2) is 0 Å². The summed E-state index contributed by atoms with van der Waals surface area (Å²) in [4.78, 5) is 0. The lowest BCUT2D eigenvalue weighted by Crippen LogP contribution is -2.05. The van der Waals surface area contributed by atoms with Gasteiger partial charge in [0, 0.05) is 11.5 Å². The first kappa shape index (κ1) is 12.5. The fraction of sp³-hybridized carbons (Fsp3) is 0.833. The van der Waals surface area contributed by atoms with Crippen molar-refractivity contribution in [2.24, 2.45) is 5.92 Å². The Morgan fingerprint density at radius 3 is 2.93 bits per heavy atom. The highest BCUT2D eigenvalue weighted by molar-refractivity contribution is 8.02. The van der Waals surface area contributed by atoms with Gasteiger partial charge in [-0.15, -0.1) is 0 Å². The van der Waals surface area contributed by atoms with E-state index in [0.29, 0.717) is 0 Å². The number of thioether (sulfide) groups is 2. The third kappa shape index (κ3) is 4.79. The van der Waals surface area contributed by atoms with E-state index >= 15 is 0 Å². The Kier molecular flexibility index (Phi) is 6.88. The average molecular weight is 230 g/mol. The maximum Gasteiger partial charge on any atom is 0.00237 e. The Bertz CT molecular complexity index is 166. The van der Waals surface area contributed by atoms with Crippen LogP contribution in [0.25, 0.3) is 0 Å². The summed E-state index contributed by atoms with van der Waals surface area (Å²) in [5, 5.41) is 0. The van der Waals surface area contributed by atoms with Gasteiger partial charge >= 0.3 is 0 Å². The van der Waals surface area contributed by atoms with E-state index in [-0.39, 0.29) is 0 Å². The van der Waals surface area contributed by atoms with Crippen molar-refractivity contribution in [2.45, 2.75) is 32.1 Å². The lowest BCUT2D eigenvalue weighted by Gasteiger charge is -2.15. The quantitative estimate of drug-likeness (QED) is 0.394. The van der Waals surface area contributed by atoms with E-state index in [1.807, 2.05) is 11.8 Å². The van der Waals surface area contributed by atoms with Gasteiger partial charge in [0.2, 0.25) is 0 Å². The van der Waals surface area contributed by atoms with Gasteiger partial charge in [0.15, 0.2) is 0 Å². The van der Waals surface area contributed by atoms with Gasteiger partial charge in [0.1, 0.15) is 0 Å². The van der Waals surface area contributed by atoms with E-state index in [2.05, 4.69) is 24.6 Å². The van der Waals surface area contributed by atoms with Crippen LogP contribution >= 0.6 is 23.5 Å². The van der Waals surface area contributed by atoms with Crippen LogP contribution in [0.2, 0.25) is 0 Å². The average Bonchev–Trinajstić information content (AvgIpc) is 2.39. The molecule has 0 nitrogen and oxygen atoms in total. The van der Waals surface area contributed by atoms with Gasteiger partial charge in [0.25, 0.3) is 0 Å². The predicted molar refractivity (Wildman–Crippen MR) is 71.4 cm³/mol. The minimum absolute atomic E-state index is 0.823. The van der Waals surface area contributed by atoms with Gasteiger partial charge < -0.3 is 0 Å². The van der Waals surface area contributed by atoms with E-state index in [1.54, 1.807) is 0 Å². The minimum Gasteiger partial charge on any atom is -0.165 e. The summed E-state index contributed by atoms with van der Waals surface area (Å²) < 4.78 is 0. The molecule has 82 valence electrons. The van der Waals surface area contributed by atoms with Crippen LogP contribution in [0.5, 0.6) is 0 Å². The molecular formula is C12H22S2. The molecule has 1 saturated carbocycles. The lowest BCUT2D eigenvalue weighted by molar-refractivity contribution is 0.605. The Labute approximate surface area is 97.3 Å².